The first-order valence-electron chi connectivity index (χ1n) is 7.56. The second-order valence-electron chi connectivity index (χ2n) is 5.58. The molecule has 3 rings (SSSR count). The lowest BCUT2D eigenvalue weighted by Crippen LogP contribution is -2.22. The second kappa shape index (κ2) is 6.48. The van der Waals surface area contributed by atoms with E-state index in [0.717, 1.165) is 22.4 Å². The largest absolute Gasteiger partial charge is 0.354 e. The molecule has 2 aromatic carbocycles. The van der Waals surface area contributed by atoms with Gasteiger partial charge in [-0.2, -0.15) is 5.10 Å². The molecule has 0 spiro atoms. The molecular weight excluding hydrogens is 286 g/mol. The number of fused-ring (bicyclic) bond motifs is 1. The molecule has 1 heterocycles. The Kier molecular flexibility index (Phi) is 4.24. The van der Waals surface area contributed by atoms with Crippen molar-refractivity contribution in [2.45, 2.75) is 13.3 Å². The van der Waals surface area contributed by atoms with Crippen LogP contribution < -0.4 is 5.43 Å². The maximum absolute atomic E-state index is 12.0. The number of carbonyl (C=O) groups excluding carboxylic acids is 1. The molecule has 1 amide bonds. The number of nitrogens with zero attached hydrogens (tertiary/aromatic N) is 2. The Balaban J connectivity index is 1.71. The van der Waals surface area contributed by atoms with Crippen molar-refractivity contribution >= 4 is 22.4 Å². The van der Waals surface area contributed by atoms with Crippen molar-refractivity contribution < 1.29 is 4.79 Å². The van der Waals surface area contributed by atoms with Gasteiger partial charge in [0.1, 0.15) is 0 Å². The van der Waals surface area contributed by atoms with Gasteiger partial charge in [0.05, 0.1) is 12.1 Å². The molecule has 1 N–H and O–H groups in total. The van der Waals surface area contributed by atoms with Crippen LogP contribution in [0.4, 0.5) is 0 Å². The van der Waals surface area contributed by atoms with E-state index in [1.807, 2.05) is 55.1 Å². The SMILES string of the molecule is C/C(=N/NC(=O)Cc1cccn1C)c1ccc2ccccc2c1. The summed E-state index contributed by atoms with van der Waals surface area (Å²) in [5.41, 5.74) is 5.38. The van der Waals surface area contributed by atoms with E-state index in [0.29, 0.717) is 6.42 Å². The van der Waals surface area contributed by atoms with Crippen molar-refractivity contribution in [2.24, 2.45) is 12.1 Å². The van der Waals surface area contributed by atoms with Crippen molar-refractivity contribution in [3.8, 4) is 0 Å². The van der Waals surface area contributed by atoms with Gasteiger partial charge in [0.2, 0.25) is 5.91 Å². The summed E-state index contributed by atoms with van der Waals surface area (Å²) in [5.74, 6) is -0.119. The Morgan fingerprint density at radius 3 is 2.61 bits per heavy atom. The van der Waals surface area contributed by atoms with Gasteiger partial charge in [-0.15, -0.1) is 0 Å². The first-order valence-corrected chi connectivity index (χ1v) is 7.56. The molecule has 0 aliphatic rings. The van der Waals surface area contributed by atoms with Crippen LogP contribution in [0.15, 0.2) is 65.9 Å². The van der Waals surface area contributed by atoms with Gasteiger partial charge in [-0.3, -0.25) is 4.79 Å². The van der Waals surface area contributed by atoms with E-state index in [-0.39, 0.29) is 5.91 Å². The van der Waals surface area contributed by atoms with Crippen LogP contribution in [0.3, 0.4) is 0 Å². The van der Waals surface area contributed by atoms with Crippen molar-refractivity contribution in [3.05, 3.63) is 72.1 Å². The van der Waals surface area contributed by atoms with Gasteiger partial charge < -0.3 is 4.57 Å². The summed E-state index contributed by atoms with van der Waals surface area (Å²) in [4.78, 5) is 12.0. The number of rotatable bonds is 4. The van der Waals surface area contributed by atoms with Crippen molar-refractivity contribution in [1.29, 1.82) is 0 Å². The van der Waals surface area contributed by atoms with Crippen molar-refractivity contribution in [2.75, 3.05) is 0 Å². The number of aromatic nitrogens is 1. The number of amides is 1. The minimum absolute atomic E-state index is 0.119. The highest BCUT2D eigenvalue weighted by atomic mass is 16.2. The molecule has 1 aromatic heterocycles. The molecule has 0 atom stereocenters. The van der Waals surface area contributed by atoms with Crippen LogP contribution in [0.25, 0.3) is 10.8 Å². The van der Waals surface area contributed by atoms with Gasteiger partial charge in [-0.1, -0.05) is 36.4 Å². The Morgan fingerprint density at radius 2 is 1.87 bits per heavy atom. The minimum atomic E-state index is -0.119. The molecule has 4 nitrogen and oxygen atoms in total. The van der Waals surface area contributed by atoms with E-state index in [1.165, 1.54) is 5.39 Å². The molecule has 0 aliphatic carbocycles. The number of hydrogen-bond donors (Lipinski definition) is 1. The summed E-state index contributed by atoms with van der Waals surface area (Å²) in [6.07, 6.45) is 2.24. The highest BCUT2D eigenvalue weighted by Gasteiger charge is 2.06. The molecule has 23 heavy (non-hydrogen) atoms. The van der Waals surface area contributed by atoms with E-state index in [9.17, 15) is 4.79 Å². The Morgan fingerprint density at radius 1 is 1.09 bits per heavy atom. The zero-order valence-electron chi connectivity index (χ0n) is 13.3. The summed E-state index contributed by atoms with van der Waals surface area (Å²) in [6.45, 7) is 1.90. The highest BCUT2D eigenvalue weighted by molar-refractivity contribution is 6.02. The number of hydrogen-bond acceptors (Lipinski definition) is 2. The van der Waals surface area contributed by atoms with E-state index >= 15 is 0 Å². The summed E-state index contributed by atoms with van der Waals surface area (Å²) in [5, 5.41) is 6.57. The molecule has 0 aliphatic heterocycles. The predicted molar refractivity (Wildman–Crippen MR) is 93.4 cm³/mol. The summed E-state index contributed by atoms with van der Waals surface area (Å²) in [7, 11) is 1.92. The fourth-order valence-electron chi connectivity index (χ4n) is 2.51. The second-order valence-corrected chi connectivity index (χ2v) is 5.58. The molecular formula is C19H19N3O. The van der Waals surface area contributed by atoms with Crippen LogP contribution in [-0.4, -0.2) is 16.2 Å². The Bertz CT molecular complexity index is 877. The van der Waals surface area contributed by atoms with Gasteiger partial charge in [0.15, 0.2) is 0 Å². The third-order valence-corrected chi connectivity index (χ3v) is 3.91. The third kappa shape index (κ3) is 3.48. The van der Waals surface area contributed by atoms with E-state index in [2.05, 4.69) is 34.8 Å². The van der Waals surface area contributed by atoms with Gasteiger partial charge in [-0.05, 0) is 41.5 Å². The third-order valence-electron chi connectivity index (χ3n) is 3.91. The van der Waals surface area contributed by atoms with Crippen LogP contribution in [0.1, 0.15) is 18.2 Å². The average molecular weight is 305 g/mol. The van der Waals surface area contributed by atoms with Crippen LogP contribution in [0, 0.1) is 0 Å². The first kappa shape index (κ1) is 15.0. The lowest BCUT2D eigenvalue weighted by molar-refractivity contribution is -0.120. The quantitative estimate of drug-likeness (QED) is 0.583. The molecule has 116 valence electrons. The normalized spacial score (nSPS) is 11.7. The summed E-state index contributed by atoms with van der Waals surface area (Å²) < 4.78 is 1.93. The van der Waals surface area contributed by atoms with E-state index < -0.39 is 0 Å². The van der Waals surface area contributed by atoms with Gasteiger partial charge >= 0.3 is 0 Å². The van der Waals surface area contributed by atoms with Gasteiger partial charge in [0, 0.05) is 18.9 Å². The standard InChI is InChI=1S/C19H19N3O/c1-14(16-10-9-15-6-3-4-7-17(15)12-16)20-21-19(23)13-18-8-5-11-22(18)2/h3-12H,13H2,1-2H3,(H,21,23)/b20-14-. The predicted octanol–water partition coefficient (Wildman–Crippen LogP) is 3.26. The van der Waals surface area contributed by atoms with Crippen LogP contribution >= 0.6 is 0 Å². The van der Waals surface area contributed by atoms with Gasteiger partial charge in [0.25, 0.3) is 0 Å². The molecule has 0 saturated heterocycles. The number of carbonyl (C=O) groups is 1. The minimum Gasteiger partial charge on any atom is -0.354 e. The van der Waals surface area contributed by atoms with Crippen LogP contribution in [0.2, 0.25) is 0 Å². The fourth-order valence-corrected chi connectivity index (χ4v) is 2.51. The smallest absolute Gasteiger partial charge is 0.246 e. The lowest BCUT2D eigenvalue weighted by Gasteiger charge is -2.05. The maximum atomic E-state index is 12.0. The topological polar surface area (TPSA) is 46.4 Å². The van der Waals surface area contributed by atoms with E-state index in [4.69, 9.17) is 0 Å². The van der Waals surface area contributed by atoms with Crippen molar-refractivity contribution in [3.63, 3.8) is 0 Å². The zero-order valence-corrected chi connectivity index (χ0v) is 13.3. The van der Waals surface area contributed by atoms with Crippen molar-refractivity contribution in [1.82, 2.24) is 9.99 Å². The first-order chi connectivity index (χ1) is 11.1. The molecule has 0 saturated carbocycles. The van der Waals surface area contributed by atoms with Crippen LogP contribution in [-0.2, 0) is 18.3 Å². The maximum Gasteiger partial charge on any atom is 0.246 e. The Hall–Kier alpha value is -2.88. The average Bonchev–Trinajstić information content (AvgIpc) is 2.97. The number of nitrogens with one attached hydrogen (secondary N) is 1. The molecule has 3 aromatic rings. The molecule has 0 bridgehead atoms. The number of benzene rings is 2. The highest BCUT2D eigenvalue weighted by Crippen LogP contribution is 2.16. The van der Waals surface area contributed by atoms with Crippen LogP contribution in [0.5, 0.6) is 0 Å². The molecule has 0 radical (unpaired) electrons. The van der Waals surface area contributed by atoms with E-state index in [1.54, 1.807) is 0 Å². The summed E-state index contributed by atoms with van der Waals surface area (Å²) in [6, 6.07) is 18.2. The monoisotopic (exact) mass is 305 g/mol. The fraction of sp³-hybridized carbons (Fsp3) is 0.158. The zero-order chi connectivity index (χ0) is 16.2. The molecule has 4 heteroatoms. The Labute approximate surface area is 135 Å². The van der Waals surface area contributed by atoms with Gasteiger partial charge in [-0.25, -0.2) is 5.43 Å². The lowest BCUT2D eigenvalue weighted by atomic mass is 10.0. The number of hydrazone groups is 1. The number of aryl methyl sites for hydroxylation is 1. The molecule has 0 fully saturated rings. The molecule has 0 unspecified atom stereocenters. The summed E-state index contributed by atoms with van der Waals surface area (Å²) >= 11 is 0.